The summed E-state index contributed by atoms with van der Waals surface area (Å²) < 4.78 is 5.27. The van der Waals surface area contributed by atoms with E-state index in [1.165, 1.54) is 0 Å². The SMILES string of the molecule is O=C(NCCCN1CCOCC1)C(=O)NCc1ccccn1. The van der Waals surface area contributed by atoms with Crippen molar-refractivity contribution in [1.29, 1.82) is 0 Å². The highest BCUT2D eigenvalue weighted by Crippen LogP contribution is 1.97. The molecule has 0 unspecified atom stereocenters. The summed E-state index contributed by atoms with van der Waals surface area (Å²) in [5.74, 6) is -1.23. The van der Waals surface area contributed by atoms with Crippen LogP contribution in [-0.2, 0) is 20.9 Å². The van der Waals surface area contributed by atoms with E-state index >= 15 is 0 Å². The van der Waals surface area contributed by atoms with Gasteiger partial charge >= 0.3 is 11.8 Å². The van der Waals surface area contributed by atoms with E-state index in [-0.39, 0.29) is 6.54 Å². The predicted molar refractivity (Wildman–Crippen MR) is 81.0 cm³/mol. The van der Waals surface area contributed by atoms with Gasteiger partial charge in [-0.2, -0.15) is 0 Å². The van der Waals surface area contributed by atoms with E-state index in [0.29, 0.717) is 6.54 Å². The first-order valence-electron chi connectivity index (χ1n) is 7.52. The van der Waals surface area contributed by atoms with Gasteiger partial charge in [-0.1, -0.05) is 6.07 Å². The third kappa shape index (κ3) is 5.79. The molecule has 2 rings (SSSR count). The molecule has 7 nitrogen and oxygen atoms in total. The molecule has 1 aliphatic heterocycles. The van der Waals surface area contributed by atoms with E-state index in [1.54, 1.807) is 18.3 Å². The van der Waals surface area contributed by atoms with Gasteiger partial charge in [-0.05, 0) is 25.1 Å². The Kier molecular flexibility index (Phi) is 6.79. The minimum Gasteiger partial charge on any atom is -0.379 e. The normalized spacial score (nSPS) is 15.3. The first kappa shape index (κ1) is 16.4. The number of pyridine rings is 1. The number of rotatable bonds is 6. The van der Waals surface area contributed by atoms with E-state index in [2.05, 4.69) is 20.5 Å². The summed E-state index contributed by atoms with van der Waals surface area (Å²) in [6.07, 6.45) is 2.46. The van der Waals surface area contributed by atoms with Gasteiger partial charge in [0.25, 0.3) is 0 Å². The van der Waals surface area contributed by atoms with Gasteiger partial charge in [0.15, 0.2) is 0 Å². The molecular weight excluding hydrogens is 284 g/mol. The number of carbonyl (C=O) groups excluding carboxylic acids is 2. The van der Waals surface area contributed by atoms with Gasteiger partial charge in [0, 0.05) is 25.8 Å². The lowest BCUT2D eigenvalue weighted by Crippen LogP contribution is -2.41. The lowest BCUT2D eigenvalue weighted by atomic mass is 10.3. The van der Waals surface area contributed by atoms with Crippen LogP contribution >= 0.6 is 0 Å². The molecule has 2 heterocycles. The van der Waals surface area contributed by atoms with Gasteiger partial charge in [-0.25, -0.2) is 0 Å². The van der Waals surface area contributed by atoms with E-state index < -0.39 is 11.8 Å². The Bertz CT molecular complexity index is 475. The molecule has 0 aliphatic carbocycles. The average molecular weight is 306 g/mol. The Hall–Kier alpha value is -1.99. The molecule has 2 N–H and O–H groups in total. The Morgan fingerprint density at radius 3 is 2.68 bits per heavy atom. The molecule has 1 aliphatic rings. The van der Waals surface area contributed by atoms with Gasteiger partial charge in [0.05, 0.1) is 25.5 Å². The lowest BCUT2D eigenvalue weighted by molar-refractivity contribution is -0.139. The molecule has 7 heteroatoms. The van der Waals surface area contributed by atoms with Crippen molar-refractivity contribution < 1.29 is 14.3 Å². The number of nitrogens with one attached hydrogen (secondary N) is 2. The van der Waals surface area contributed by atoms with Crippen molar-refractivity contribution in [3.05, 3.63) is 30.1 Å². The van der Waals surface area contributed by atoms with Gasteiger partial charge in [0.2, 0.25) is 0 Å². The minimum atomic E-state index is -0.628. The van der Waals surface area contributed by atoms with Gasteiger partial charge < -0.3 is 15.4 Å². The zero-order valence-corrected chi connectivity index (χ0v) is 12.6. The van der Waals surface area contributed by atoms with Gasteiger partial charge in [-0.15, -0.1) is 0 Å². The van der Waals surface area contributed by atoms with Gasteiger partial charge in [0.1, 0.15) is 0 Å². The third-order valence-electron chi connectivity index (χ3n) is 3.40. The van der Waals surface area contributed by atoms with Crippen molar-refractivity contribution in [2.75, 3.05) is 39.4 Å². The molecule has 0 radical (unpaired) electrons. The maximum atomic E-state index is 11.6. The van der Waals surface area contributed by atoms with Crippen LogP contribution in [0, 0.1) is 0 Å². The fraction of sp³-hybridized carbons (Fsp3) is 0.533. The quantitative estimate of drug-likeness (QED) is 0.549. The highest BCUT2D eigenvalue weighted by atomic mass is 16.5. The van der Waals surface area contributed by atoms with Crippen LogP contribution in [-0.4, -0.2) is 61.1 Å². The van der Waals surface area contributed by atoms with Gasteiger partial charge in [-0.3, -0.25) is 19.5 Å². The summed E-state index contributed by atoms with van der Waals surface area (Å²) in [6, 6.07) is 5.42. The van der Waals surface area contributed by atoms with E-state index in [4.69, 9.17) is 4.74 Å². The van der Waals surface area contributed by atoms with Crippen molar-refractivity contribution in [1.82, 2.24) is 20.5 Å². The number of hydrogen-bond acceptors (Lipinski definition) is 5. The first-order valence-corrected chi connectivity index (χ1v) is 7.52. The minimum absolute atomic E-state index is 0.251. The monoisotopic (exact) mass is 306 g/mol. The number of hydrogen-bond donors (Lipinski definition) is 2. The Morgan fingerprint density at radius 2 is 1.95 bits per heavy atom. The van der Waals surface area contributed by atoms with Crippen LogP contribution in [0.1, 0.15) is 12.1 Å². The van der Waals surface area contributed by atoms with Crippen LogP contribution in [0.15, 0.2) is 24.4 Å². The number of carbonyl (C=O) groups is 2. The lowest BCUT2D eigenvalue weighted by Gasteiger charge is -2.26. The second kappa shape index (κ2) is 9.11. The molecule has 0 spiro atoms. The smallest absolute Gasteiger partial charge is 0.309 e. The molecule has 0 atom stereocenters. The summed E-state index contributed by atoms with van der Waals surface area (Å²) in [5.41, 5.74) is 0.718. The molecular formula is C15H22N4O3. The average Bonchev–Trinajstić information content (AvgIpc) is 2.58. The number of morpholine rings is 1. The summed E-state index contributed by atoms with van der Waals surface area (Å²) in [6.45, 7) is 5.04. The van der Waals surface area contributed by atoms with Crippen molar-refractivity contribution >= 4 is 11.8 Å². The number of amides is 2. The van der Waals surface area contributed by atoms with Crippen molar-refractivity contribution in [2.24, 2.45) is 0 Å². The third-order valence-corrected chi connectivity index (χ3v) is 3.40. The number of ether oxygens (including phenoxy) is 1. The van der Waals surface area contributed by atoms with Crippen molar-refractivity contribution in [3.63, 3.8) is 0 Å². The van der Waals surface area contributed by atoms with Crippen LogP contribution in [0.3, 0.4) is 0 Å². The maximum absolute atomic E-state index is 11.6. The standard InChI is InChI=1S/C15H22N4O3/c20-14(15(21)18-12-13-4-1-2-5-16-13)17-6-3-7-19-8-10-22-11-9-19/h1-2,4-5H,3,6-12H2,(H,17,20)(H,18,21). The summed E-state index contributed by atoms with van der Waals surface area (Å²) in [7, 11) is 0. The first-order chi connectivity index (χ1) is 10.8. The second-order valence-electron chi connectivity index (χ2n) is 5.07. The van der Waals surface area contributed by atoms with Crippen LogP contribution in [0.25, 0.3) is 0 Å². The van der Waals surface area contributed by atoms with Crippen LogP contribution in [0.2, 0.25) is 0 Å². The fourth-order valence-electron chi connectivity index (χ4n) is 2.16. The summed E-state index contributed by atoms with van der Waals surface area (Å²) in [4.78, 5) is 29.6. The van der Waals surface area contributed by atoms with E-state index in [0.717, 1.165) is 45.0 Å². The summed E-state index contributed by atoms with van der Waals surface area (Å²) >= 11 is 0. The van der Waals surface area contributed by atoms with Crippen molar-refractivity contribution in [3.8, 4) is 0 Å². The molecule has 2 amide bonds. The highest BCUT2D eigenvalue weighted by Gasteiger charge is 2.13. The maximum Gasteiger partial charge on any atom is 0.309 e. The molecule has 1 aromatic rings. The number of aromatic nitrogens is 1. The zero-order chi connectivity index (χ0) is 15.6. The molecule has 0 aromatic carbocycles. The second-order valence-corrected chi connectivity index (χ2v) is 5.07. The number of nitrogens with zero attached hydrogens (tertiary/aromatic N) is 2. The molecule has 120 valence electrons. The van der Waals surface area contributed by atoms with E-state index in [1.807, 2.05) is 6.07 Å². The Balaban J connectivity index is 1.57. The van der Waals surface area contributed by atoms with Crippen molar-refractivity contribution in [2.45, 2.75) is 13.0 Å². The molecule has 0 saturated carbocycles. The van der Waals surface area contributed by atoms with Crippen LogP contribution in [0.5, 0.6) is 0 Å². The summed E-state index contributed by atoms with van der Waals surface area (Å²) in [5, 5.41) is 5.18. The molecule has 1 aromatic heterocycles. The predicted octanol–water partition coefficient (Wildman–Crippen LogP) is -0.464. The molecule has 1 saturated heterocycles. The van der Waals surface area contributed by atoms with Crippen LogP contribution < -0.4 is 10.6 Å². The zero-order valence-electron chi connectivity index (χ0n) is 12.6. The molecule has 1 fully saturated rings. The topological polar surface area (TPSA) is 83.6 Å². The Morgan fingerprint density at radius 1 is 1.18 bits per heavy atom. The Labute approximate surface area is 130 Å². The largest absolute Gasteiger partial charge is 0.379 e. The molecule has 22 heavy (non-hydrogen) atoms. The van der Waals surface area contributed by atoms with E-state index in [9.17, 15) is 9.59 Å². The molecule has 0 bridgehead atoms. The fourth-order valence-corrected chi connectivity index (χ4v) is 2.16. The highest BCUT2D eigenvalue weighted by molar-refractivity contribution is 6.35. The van der Waals surface area contributed by atoms with Crippen LogP contribution in [0.4, 0.5) is 0 Å².